The van der Waals surface area contributed by atoms with Crippen molar-refractivity contribution in [2.24, 2.45) is 5.73 Å². The van der Waals surface area contributed by atoms with E-state index in [0.717, 1.165) is 4.57 Å². The van der Waals surface area contributed by atoms with E-state index < -0.39 is 29.7 Å². The van der Waals surface area contributed by atoms with Gasteiger partial charge < -0.3 is 28.4 Å². The monoisotopic (exact) mass is 327 g/mol. The van der Waals surface area contributed by atoms with E-state index in [0.29, 0.717) is 11.4 Å². The highest BCUT2D eigenvalue weighted by Crippen LogP contribution is 2.06. The van der Waals surface area contributed by atoms with Gasteiger partial charge in [-0.2, -0.15) is 4.57 Å². The summed E-state index contributed by atoms with van der Waals surface area (Å²) in [6, 6.07) is -1.02. The van der Waals surface area contributed by atoms with Crippen molar-refractivity contribution in [3.8, 4) is 0 Å². The van der Waals surface area contributed by atoms with Gasteiger partial charge in [0, 0.05) is 12.2 Å². The number of primary amides is 1. The van der Waals surface area contributed by atoms with Crippen LogP contribution in [0.1, 0.15) is 27.2 Å². The van der Waals surface area contributed by atoms with Crippen LogP contribution in [0.3, 0.4) is 0 Å². The average molecular weight is 328 g/mol. The molecule has 0 saturated carbocycles. The van der Waals surface area contributed by atoms with Gasteiger partial charge in [0.05, 0.1) is 8.30 Å². The molecule has 4 N–H and O–H groups in total. The number of hydrogen-bond donors (Lipinski definition) is 2. The quantitative estimate of drug-likeness (QED) is 0.580. The molecule has 0 unspecified atom stereocenters. The average Bonchev–Trinajstić information content (AvgIpc) is 2.43. The highest BCUT2D eigenvalue weighted by molar-refractivity contribution is 5.92. The Labute approximate surface area is 126 Å². The fourth-order valence-corrected chi connectivity index (χ4v) is 1.35. The van der Waals surface area contributed by atoms with E-state index >= 15 is 0 Å². The van der Waals surface area contributed by atoms with Crippen LogP contribution in [0.15, 0.2) is 30.6 Å². The van der Waals surface area contributed by atoms with Crippen LogP contribution in [0.5, 0.6) is 0 Å². The Morgan fingerprint density at radius 2 is 2.32 bits per heavy atom. The van der Waals surface area contributed by atoms with E-state index in [-0.39, 0.29) is 35.5 Å². The molecular weight excluding hydrogens is 310 g/mol. The number of nitrogens with zero attached hydrogens (tertiary/aromatic N) is 3. The van der Waals surface area contributed by atoms with E-state index in [1.165, 1.54) is 6.20 Å². The second-order valence-corrected chi connectivity index (χ2v) is 3.63. The Morgan fingerprint density at radius 1 is 1.58 bits per heavy atom. The molecule has 2 rings (SSSR count). The molecule has 0 spiro atoms. The smallest absolute Gasteiger partial charge is 0.254 e. The van der Waals surface area contributed by atoms with Gasteiger partial charge in [0.2, 0.25) is 0 Å². The highest BCUT2D eigenvalue weighted by Gasteiger charge is 2.11. The molecule has 0 atom stereocenters. The molecule has 0 aliphatic heterocycles. The minimum Gasteiger partial charge on any atom is -1.00 e. The van der Waals surface area contributed by atoms with Crippen LogP contribution >= 0.6 is 0 Å². The van der Waals surface area contributed by atoms with Crippen LogP contribution in [-0.2, 0) is 6.54 Å². The Bertz CT molecular complexity index is 787. The largest absolute Gasteiger partial charge is 1.00 e. The van der Waals surface area contributed by atoms with Crippen molar-refractivity contribution in [2.75, 3.05) is 5.73 Å². The number of nitrogen functional groups attached to an aromatic ring is 1. The fraction of sp³-hybridized carbons (Fsp3) is 0.167. The summed E-state index contributed by atoms with van der Waals surface area (Å²) < 4.78 is 32.3. The predicted octanol–water partition coefficient (Wildman–Crippen LogP) is -3.19. The van der Waals surface area contributed by atoms with Gasteiger partial charge in [0.1, 0.15) is 19.9 Å². The van der Waals surface area contributed by atoms with Crippen molar-refractivity contribution in [1.82, 2.24) is 9.97 Å². The molecule has 0 aliphatic carbocycles. The van der Waals surface area contributed by atoms with Crippen LogP contribution in [-0.4, -0.2) is 15.9 Å². The molecule has 0 fully saturated rings. The summed E-state index contributed by atoms with van der Waals surface area (Å²) in [5.74, 6) is -0.338. The van der Waals surface area contributed by atoms with Gasteiger partial charge in [-0.25, -0.2) is 9.97 Å². The minimum absolute atomic E-state index is 0. The Hall–Kier alpha value is -2.02. The Balaban J connectivity index is 0.00000264. The summed E-state index contributed by atoms with van der Waals surface area (Å²) in [4.78, 5) is 19.4. The Kier molecular flexibility index (Phi) is 3.23. The van der Waals surface area contributed by atoms with Gasteiger partial charge >= 0.3 is 0 Å². The van der Waals surface area contributed by atoms with Crippen molar-refractivity contribution in [2.45, 2.75) is 13.5 Å². The first-order valence-corrected chi connectivity index (χ1v) is 5.12. The summed E-state index contributed by atoms with van der Waals surface area (Å²) >= 11 is 0. The van der Waals surface area contributed by atoms with Gasteiger partial charge in [-0.05, 0) is 13.0 Å². The van der Waals surface area contributed by atoms with Crippen LogP contribution in [0.4, 0.5) is 5.82 Å². The third kappa shape index (κ3) is 3.72. The zero-order chi connectivity index (χ0) is 16.6. The number of amides is 1. The number of nitrogens with two attached hydrogens (primary N) is 2. The van der Waals surface area contributed by atoms with Gasteiger partial charge in [0.25, 0.3) is 5.91 Å². The number of anilines is 1. The molecule has 0 aromatic carbocycles. The zero-order valence-corrected chi connectivity index (χ0v) is 11.7. The lowest BCUT2D eigenvalue weighted by atomic mass is 10.2. The molecular formula is C12H14BrN5O. The van der Waals surface area contributed by atoms with Crippen molar-refractivity contribution >= 4 is 11.7 Å². The lowest BCUT2D eigenvalue weighted by Gasteiger charge is -2.02. The van der Waals surface area contributed by atoms with Crippen molar-refractivity contribution in [3.63, 3.8) is 0 Å². The van der Waals surface area contributed by atoms with Crippen LogP contribution in [0.2, 0.25) is 0 Å². The third-order valence-electron chi connectivity index (χ3n) is 2.22. The van der Waals surface area contributed by atoms with Gasteiger partial charge in [-0.1, -0.05) is 0 Å². The maximum atomic E-state index is 11.4. The molecule has 0 aliphatic rings. The van der Waals surface area contributed by atoms with Gasteiger partial charge in [-0.3, -0.25) is 4.79 Å². The van der Waals surface area contributed by atoms with Crippen molar-refractivity contribution in [3.05, 3.63) is 47.6 Å². The minimum atomic E-state index is -0.995. The third-order valence-corrected chi connectivity index (χ3v) is 2.22. The molecule has 2 aromatic heterocycles. The number of carbonyl (C=O) groups is 1. The molecule has 0 bridgehead atoms. The molecule has 0 radical (unpaired) electrons. The van der Waals surface area contributed by atoms with Crippen LogP contribution in [0, 0.1) is 6.92 Å². The number of rotatable bonds is 3. The van der Waals surface area contributed by atoms with E-state index in [9.17, 15) is 4.79 Å². The molecule has 6 nitrogen and oxygen atoms in total. The van der Waals surface area contributed by atoms with Gasteiger partial charge in [0.15, 0.2) is 18.9 Å². The summed E-state index contributed by atoms with van der Waals surface area (Å²) in [6.45, 7) is 1.59. The summed E-state index contributed by atoms with van der Waals surface area (Å²) in [5.41, 5.74) is 11.0. The standard InChI is InChI=1S/C12H13N5O.BrH/c1-8-15-5-10(11(13)16-8)7-17-4-2-3-9(6-17)12(14)18;/h2-6H,7H2,1H3,(H3-,13,14,15,16,18);1H/i2D,3D,4D,6D;. The molecule has 2 heterocycles. The molecule has 2 aromatic rings. The maximum absolute atomic E-state index is 11.4. The molecule has 1 amide bonds. The van der Waals surface area contributed by atoms with Crippen LogP contribution in [0.25, 0.3) is 0 Å². The lowest BCUT2D eigenvalue weighted by molar-refractivity contribution is -0.688. The second-order valence-electron chi connectivity index (χ2n) is 3.63. The van der Waals surface area contributed by atoms with Crippen molar-refractivity contribution in [1.29, 1.82) is 0 Å². The summed E-state index contributed by atoms with van der Waals surface area (Å²) in [6.07, 6.45) is 0.643. The summed E-state index contributed by atoms with van der Waals surface area (Å²) in [7, 11) is 0. The van der Waals surface area contributed by atoms with E-state index in [1.807, 2.05) is 0 Å². The topological polar surface area (TPSA) is 98.8 Å². The number of pyridine rings is 1. The highest BCUT2D eigenvalue weighted by atomic mass is 79.9. The molecule has 100 valence electrons. The lowest BCUT2D eigenvalue weighted by Crippen LogP contribution is -3.00. The van der Waals surface area contributed by atoms with E-state index in [4.69, 9.17) is 17.0 Å². The van der Waals surface area contributed by atoms with E-state index in [1.54, 1.807) is 6.92 Å². The first kappa shape index (κ1) is 9.85. The number of hydrogen-bond acceptors (Lipinski definition) is 4. The zero-order valence-electron chi connectivity index (χ0n) is 14.1. The SMILES string of the molecule is [2H]c1c([2H])c([2H])[n+](Cc2cnc(C)nc2N)c([2H])c1C(N)=O.[Br-]. The van der Waals surface area contributed by atoms with Crippen LogP contribution < -0.4 is 33.0 Å². The van der Waals surface area contributed by atoms with Crippen molar-refractivity contribution < 1.29 is 31.8 Å². The number of halogens is 1. The number of aryl methyl sites for hydroxylation is 1. The molecule has 0 saturated heterocycles. The number of carbonyl (C=O) groups excluding carboxylic acids is 1. The molecule has 7 heteroatoms. The van der Waals surface area contributed by atoms with Gasteiger partial charge in [-0.15, -0.1) is 0 Å². The second kappa shape index (κ2) is 6.24. The van der Waals surface area contributed by atoms with E-state index in [2.05, 4.69) is 9.97 Å². The molecule has 19 heavy (non-hydrogen) atoms. The number of aromatic nitrogens is 3. The first-order chi connectivity index (χ1) is 10.2. The first-order valence-electron chi connectivity index (χ1n) is 7.12. The Morgan fingerprint density at radius 3 is 2.95 bits per heavy atom. The normalized spacial score (nSPS) is 12.7. The fourth-order valence-electron chi connectivity index (χ4n) is 1.35. The summed E-state index contributed by atoms with van der Waals surface area (Å²) in [5, 5.41) is 0. The predicted molar refractivity (Wildman–Crippen MR) is 65.4 cm³/mol. The maximum Gasteiger partial charge on any atom is 0.254 e.